The summed E-state index contributed by atoms with van der Waals surface area (Å²) in [7, 11) is 0. The van der Waals surface area contributed by atoms with Gasteiger partial charge in [0.05, 0.1) is 19.8 Å². The molecule has 0 spiro atoms. The van der Waals surface area contributed by atoms with Crippen molar-refractivity contribution in [1.29, 1.82) is 0 Å². The Morgan fingerprint density at radius 3 is 2.90 bits per heavy atom. The molecule has 2 rings (SSSR count). The number of aryl methyl sites for hydroxylation is 1. The molecule has 1 N–H and O–H groups in total. The summed E-state index contributed by atoms with van der Waals surface area (Å²) in [4.78, 5) is 11.1. The Morgan fingerprint density at radius 1 is 1.33 bits per heavy atom. The summed E-state index contributed by atoms with van der Waals surface area (Å²) in [5.41, 5.74) is 0. The van der Waals surface area contributed by atoms with E-state index in [0.717, 1.165) is 63.9 Å². The van der Waals surface area contributed by atoms with Crippen molar-refractivity contribution in [3.05, 3.63) is 11.9 Å². The molecule has 1 fully saturated rings. The van der Waals surface area contributed by atoms with Crippen LogP contribution in [0.15, 0.2) is 6.07 Å². The highest BCUT2D eigenvalue weighted by Crippen LogP contribution is 2.13. The van der Waals surface area contributed by atoms with E-state index in [1.165, 1.54) is 0 Å². The maximum Gasteiger partial charge on any atom is 0.218 e. The van der Waals surface area contributed by atoms with Gasteiger partial charge in [-0.3, -0.25) is 4.90 Å². The third kappa shape index (κ3) is 5.85. The van der Waals surface area contributed by atoms with Crippen LogP contribution in [0.3, 0.4) is 0 Å². The number of aromatic nitrogens is 2. The highest BCUT2D eigenvalue weighted by Gasteiger charge is 2.09. The molecule has 1 aromatic rings. The Morgan fingerprint density at radius 2 is 2.14 bits per heavy atom. The number of nitrogens with one attached hydrogen (secondary N) is 1. The van der Waals surface area contributed by atoms with Crippen LogP contribution in [-0.2, 0) is 4.74 Å². The zero-order valence-corrected chi connectivity index (χ0v) is 13.1. The molecular weight excluding hydrogens is 268 g/mol. The average Bonchev–Trinajstić information content (AvgIpc) is 2.50. The van der Waals surface area contributed by atoms with Gasteiger partial charge in [-0.05, 0) is 26.3 Å². The predicted molar refractivity (Wildman–Crippen MR) is 82.9 cm³/mol. The lowest BCUT2D eigenvalue weighted by molar-refractivity contribution is 0.0378. The van der Waals surface area contributed by atoms with Gasteiger partial charge in [0.2, 0.25) is 5.88 Å². The summed E-state index contributed by atoms with van der Waals surface area (Å²) in [6.45, 7) is 10.5. The largest absolute Gasteiger partial charge is 0.478 e. The minimum absolute atomic E-state index is 0.653. The summed E-state index contributed by atoms with van der Waals surface area (Å²) in [5.74, 6) is 2.23. The molecule has 2 heterocycles. The molecule has 0 atom stereocenters. The van der Waals surface area contributed by atoms with Gasteiger partial charge in [0.15, 0.2) is 0 Å². The maximum atomic E-state index is 5.56. The molecular formula is C15H26N4O2. The molecule has 0 aromatic carbocycles. The second-order valence-corrected chi connectivity index (χ2v) is 5.22. The van der Waals surface area contributed by atoms with Crippen molar-refractivity contribution in [3.8, 4) is 5.88 Å². The summed E-state index contributed by atoms with van der Waals surface area (Å²) in [6, 6.07) is 1.87. The van der Waals surface area contributed by atoms with Crippen molar-refractivity contribution < 1.29 is 9.47 Å². The summed E-state index contributed by atoms with van der Waals surface area (Å²) in [5, 5.41) is 3.35. The number of rotatable bonds is 8. The van der Waals surface area contributed by atoms with E-state index in [9.17, 15) is 0 Å². The zero-order valence-electron chi connectivity index (χ0n) is 13.1. The van der Waals surface area contributed by atoms with E-state index < -0.39 is 0 Å². The van der Waals surface area contributed by atoms with Crippen LogP contribution < -0.4 is 10.1 Å². The molecule has 0 aliphatic carbocycles. The van der Waals surface area contributed by atoms with E-state index in [2.05, 4.69) is 27.1 Å². The number of ether oxygens (including phenoxy) is 2. The quantitative estimate of drug-likeness (QED) is 0.737. The van der Waals surface area contributed by atoms with Gasteiger partial charge in [0, 0.05) is 25.7 Å². The Balaban J connectivity index is 1.72. The maximum absolute atomic E-state index is 5.56. The van der Waals surface area contributed by atoms with Crippen molar-refractivity contribution in [2.24, 2.45) is 0 Å². The molecule has 6 heteroatoms. The molecule has 21 heavy (non-hydrogen) atoms. The standard InChI is InChI=1S/C15H26N4O2/c1-3-9-21-15-12-14(17-13(2)18-15)16-5-4-6-19-7-10-20-11-8-19/h12H,3-11H2,1-2H3,(H,16,17,18). The fourth-order valence-electron chi connectivity index (χ4n) is 2.26. The average molecular weight is 294 g/mol. The molecule has 1 aliphatic rings. The van der Waals surface area contributed by atoms with Crippen LogP contribution in [0.5, 0.6) is 5.88 Å². The Kier molecular flexibility index (Phi) is 6.69. The van der Waals surface area contributed by atoms with Crippen molar-refractivity contribution in [3.63, 3.8) is 0 Å². The highest BCUT2D eigenvalue weighted by atomic mass is 16.5. The van der Waals surface area contributed by atoms with Gasteiger partial charge in [-0.1, -0.05) is 6.92 Å². The summed E-state index contributed by atoms with van der Waals surface area (Å²) in [6.07, 6.45) is 2.07. The van der Waals surface area contributed by atoms with Crippen molar-refractivity contribution >= 4 is 5.82 Å². The minimum atomic E-state index is 0.653. The monoisotopic (exact) mass is 294 g/mol. The van der Waals surface area contributed by atoms with Crippen LogP contribution in [0.4, 0.5) is 5.82 Å². The fourth-order valence-corrected chi connectivity index (χ4v) is 2.26. The van der Waals surface area contributed by atoms with E-state index in [1.54, 1.807) is 0 Å². The van der Waals surface area contributed by atoms with Crippen molar-refractivity contribution in [1.82, 2.24) is 14.9 Å². The first kappa shape index (κ1) is 16.0. The summed E-state index contributed by atoms with van der Waals surface area (Å²) < 4.78 is 10.9. The Hall–Kier alpha value is -1.40. The minimum Gasteiger partial charge on any atom is -0.478 e. The van der Waals surface area contributed by atoms with Crippen molar-refractivity contribution in [2.75, 3.05) is 51.3 Å². The van der Waals surface area contributed by atoms with Crippen LogP contribution in [-0.4, -0.2) is 60.9 Å². The number of hydrogen-bond donors (Lipinski definition) is 1. The number of morpholine rings is 1. The summed E-state index contributed by atoms with van der Waals surface area (Å²) >= 11 is 0. The lowest BCUT2D eigenvalue weighted by Gasteiger charge is -2.26. The molecule has 0 radical (unpaired) electrons. The smallest absolute Gasteiger partial charge is 0.218 e. The topological polar surface area (TPSA) is 59.5 Å². The molecule has 118 valence electrons. The predicted octanol–water partition coefficient (Wildman–Crippen LogP) is 1.71. The molecule has 0 amide bonds. The van der Waals surface area contributed by atoms with Crippen LogP contribution in [0.1, 0.15) is 25.6 Å². The third-order valence-electron chi connectivity index (χ3n) is 3.33. The number of anilines is 1. The van der Waals surface area contributed by atoms with Gasteiger partial charge in [-0.15, -0.1) is 0 Å². The van der Waals surface area contributed by atoms with Gasteiger partial charge in [0.1, 0.15) is 11.6 Å². The first-order valence-corrected chi connectivity index (χ1v) is 7.80. The van der Waals surface area contributed by atoms with Crippen LogP contribution >= 0.6 is 0 Å². The van der Waals surface area contributed by atoms with E-state index >= 15 is 0 Å². The molecule has 0 bridgehead atoms. The van der Waals surface area contributed by atoms with Gasteiger partial charge in [-0.2, -0.15) is 4.98 Å². The van der Waals surface area contributed by atoms with E-state index in [-0.39, 0.29) is 0 Å². The normalized spacial score (nSPS) is 15.9. The third-order valence-corrected chi connectivity index (χ3v) is 3.33. The van der Waals surface area contributed by atoms with Gasteiger partial charge < -0.3 is 14.8 Å². The highest BCUT2D eigenvalue weighted by molar-refractivity contribution is 5.38. The molecule has 6 nitrogen and oxygen atoms in total. The van der Waals surface area contributed by atoms with Crippen LogP contribution in [0, 0.1) is 6.92 Å². The van der Waals surface area contributed by atoms with Gasteiger partial charge in [-0.25, -0.2) is 4.98 Å². The van der Waals surface area contributed by atoms with E-state index in [4.69, 9.17) is 9.47 Å². The first-order chi connectivity index (χ1) is 10.3. The molecule has 0 saturated carbocycles. The number of nitrogens with zero attached hydrogens (tertiary/aromatic N) is 3. The second-order valence-electron chi connectivity index (χ2n) is 5.22. The van der Waals surface area contributed by atoms with E-state index in [1.807, 2.05) is 13.0 Å². The second kappa shape index (κ2) is 8.79. The molecule has 1 aromatic heterocycles. The fraction of sp³-hybridized carbons (Fsp3) is 0.733. The molecule has 0 unspecified atom stereocenters. The van der Waals surface area contributed by atoms with Crippen molar-refractivity contribution in [2.45, 2.75) is 26.7 Å². The lowest BCUT2D eigenvalue weighted by atomic mass is 10.3. The zero-order chi connectivity index (χ0) is 14.9. The van der Waals surface area contributed by atoms with Crippen LogP contribution in [0.2, 0.25) is 0 Å². The van der Waals surface area contributed by atoms with E-state index in [0.29, 0.717) is 12.5 Å². The first-order valence-electron chi connectivity index (χ1n) is 7.80. The number of hydrogen-bond acceptors (Lipinski definition) is 6. The van der Waals surface area contributed by atoms with Crippen LogP contribution in [0.25, 0.3) is 0 Å². The molecule has 1 saturated heterocycles. The van der Waals surface area contributed by atoms with Gasteiger partial charge >= 0.3 is 0 Å². The Labute approximate surface area is 126 Å². The lowest BCUT2D eigenvalue weighted by Crippen LogP contribution is -2.37. The van der Waals surface area contributed by atoms with Gasteiger partial charge in [0.25, 0.3) is 0 Å². The molecule has 1 aliphatic heterocycles. The Bertz CT molecular complexity index is 422. The SMILES string of the molecule is CCCOc1cc(NCCCN2CCOCC2)nc(C)n1.